The number of Topliss-reactive ketones (excluding diaryl/α,β-unsaturated/α-hetero) is 1. The van der Waals surface area contributed by atoms with Gasteiger partial charge in [-0.05, 0) is 25.0 Å². The SMILES string of the molecule is CC1(N)Cc2c[nH]c3cccc(c23)C1=O. The first-order chi connectivity index (χ1) is 7.09. The molecule has 0 radical (unpaired) electrons. The summed E-state index contributed by atoms with van der Waals surface area (Å²) in [7, 11) is 0. The van der Waals surface area contributed by atoms with Crippen molar-refractivity contribution in [2.24, 2.45) is 5.73 Å². The van der Waals surface area contributed by atoms with Gasteiger partial charge >= 0.3 is 0 Å². The minimum absolute atomic E-state index is 0.0419. The average Bonchev–Trinajstić information content (AvgIpc) is 2.58. The van der Waals surface area contributed by atoms with Crippen molar-refractivity contribution in [1.82, 2.24) is 4.98 Å². The molecule has 2 aromatic rings. The van der Waals surface area contributed by atoms with Crippen LogP contribution in [0.1, 0.15) is 22.8 Å². The predicted octanol–water partition coefficient (Wildman–Crippen LogP) is 1.62. The molecule has 0 spiro atoms. The van der Waals surface area contributed by atoms with Crippen molar-refractivity contribution in [2.75, 3.05) is 0 Å². The van der Waals surface area contributed by atoms with E-state index in [9.17, 15) is 4.79 Å². The molecule has 0 aliphatic heterocycles. The molecule has 0 bridgehead atoms. The molecule has 1 unspecified atom stereocenters. The van der Waals surface area contributed by atoms with Crippen molar-refractivity contribution in [3.63, 3.8) is 0 Å². The van der Waals surface area contributed by atoms with Crippen molar-refractivity contribution in [2.45, 2.75) is 18.9 Å². The number of carbonyl (C=O) groups is 1. The summed E-state index contributed by atoms with van der Waals surface area (Å²) in [6.07, 6.45) is 2.56. The molecule has 0 saturated carbocycles. The van der Waals surface area contributed by atoms with Gasteiger partial charge in [-0.2, -0.15) is 0 Å². The smallest absolute Gasteiger partial charge is 0.183 e. The van der Waals surface area contributed by atoms with Crippen LogP contribution in [0, 0.1) is 0 Å². The maximum absolute atomic E-state index is 12.1. The Morgan fingerprint density at radius 2 is 2.27 bits per heavy atom. The fourth-order valence-corrected chi connectivity index (χ4v) is 2.37. The number of carbonyl (C=O) groups excluding carboxylic acids is 1. The van der Waals surface area contributed by atoms with Crippen LogP contribution in [0.3, 0.4) is 0 Å². The highest BCUT2D eigenvalue weighted by atomic mass is 16.1. The van der Waals surface area contributed by atoms with Crippen LogP contribution >= 0.6 is 0 Å². The molecule has 76 valence electrons. The third-order valence-corrected chi connectivity index (χ3v) is 3.11. The van der Waals surface area contributed by atoms with Crippen LogP contribution in [-0.4, -0.2) is 16.3 Å². The molecule has 3 heteroatoms. The number of ketones is 1. The molecule has 1 heterocycles. The van der Waals surface area contributed by atoms with E-state index in [1.54, 1.807) is 6.92 Å². The molecule has 1 aromatic carbocycles. The number of H-pyrrole nitrogens is 1. The van der Waals surface area contributed by atoms with Gasteiger partial charge < -0.3 is 10.7 Å². The Morgan fingerprint density at radius 3 is 3.07 bits per heavy atom. The molecule has 1 aliphatic carbocycles. The summed E-state index contributed by atoms with van der Waals surface area (Å²) in [5, 5.41) is 1.05. The zero-order valence-corrected chi connectivity index (χ0v) is 8.50. The first-order valence-corrected chi connectivity index (χ1v) is 5.02. The largest absolute Gasteiger partial charge is 0.361 e. The summed E-state index contributed by atoms with van der Waals surface area (Å²) in [4.78, 5) is 15.3. The van der Waals surface area contributed by atoms with Gasteiger partial charge in [0, 0.05) is 22.7 Å². The van der Waals surface area contributed by atoms with Gasteiger partial charge in [-0.15, -0.1) is 0 Å². The van der Waals surface area contributed by atoms with Crippen LogP contribution in [0.4, 0.5) is 0 Å². The number of hydrogen-bond donors (Lipinski definition) is 2. The van der Waals surface area contributed by atoms with E-state index in [-0.39, 0.29) is 5.78 Å². The molecule has 3 N–H and O–H groups in total. The standard InChI is InChI=1S/C12H12N2O/c1-12(13)5-7-6-14-9-4-2-3-8(10(7)9)11(12)15/h2-4,6,14H,5,13H2,1H3. The van der Waals surface area contributed by atoms with Crippen molar-refractivity contribution >= 4 is 16.7 Å². The number of benzene rings is 1. The van der Waals surface area contributed by atoms with E-state index >= 15 is 0 Å². The Morgan fingerprint density at radius 1 is 1.47 bits per heavy atom. The van der Waals surface area contributed by atoms with Gasteiger partial charge in [0.1, 0.15) is 0 Å². The summed E-state index contributed by atoms with van der Waals surface area (Å²) in [5.41, 5.74) is 8.16. The number of aromatic amines is 1. The Balaban J connectivity index is 2.42. The molecule has 0 saturated heterocycles. The maximum atomic E-state index is 12.1. The lowest BCUT2D eigenvalue weighted by molar-refractivity contribution is 0.0898. The van der Waals surface area contributed by atoms with Crippen molar-refractivity contribution < 1.29 is 4.79 Å². The number of nitrogens with one attached hydrogen (secondary N) is 1. The van der Waals surface area contributed by atoms with Gasteiger partial charge in [-0.3, -0.25) is 4.79 Å². The lowest BCUT2D eigenvalue weighted by atomic mass is 9.79. The van der Waals surface area contributed by atoms with Crippen molar-refractivity contribution in [3.05, 3.63) is 35.5 Å². The van der Waals surface area contributed by atoms with Gasteiger partial charge in [0.2, 0.25) is 0 Å². The van der Waals surface area contributed by atoms with Crippen LogP contribution in [0.25, 0.3) is 10.9 Å². The van der Waals surface area contributed by atoms with Crippen LogP contribution < -0.4 is 5.73 Å². The quantitative estimate of drug-likeness (QED) is 0.679. The molecule has 1 aliphatic rings. The topological polar surface area (TPSA) is 58.9 Å². The molecule has 1 atom stereocenters. The second kappa shape index (κ2) is 2.49. The van der Waals surface area contributed by atoms with Gasteiger partial charge in [0.05, 0.1) is 5.54 Å². The predicted molar refractivity (Wildman–Crippen MR) is 58.9 cm³/mol. The van der Waals surface area contributed by atoms with Crippen LogP contribution in [-0.2, 0) is 6.42 Å². The number of aromatic nitrogens is 1. The van der Waals surface area contributed by atoms with Gasteiger partial charge in [0.25, 0.3) is 0 Å². The van der Waals surface area contributed by atoms with E-state index in [0.29, 0.717) is 6.42 Å². The monoisotopic (exact) mass is 200 g/mol. The summed E-state index contributed by atoms with van der Waals surface area (Å²) in [6.45, 7) is 1.80. The summed E-state index contributed by atoms with van der Waals surface area (Å²) in [5.74, 6) is 0.0419. The Kier molecular flexibility index (Phi) is 1.44. The van der Waals surface area contributed by atoms with Gasteiger partial charge in [0.15, 0.2) is 5.78 Å². The van der Waals surface area contributed by atoms with E-state index < -0.39 is 5.54 Å². The van der Waals surface area contributed by atoms with E-state index in [2.05, 4.69) is 4.98 Å². The molecule has 1 aromatic heterocycles. The first kappa shape index (κ1) is 8.68. The normalized spacial score (nSPS) is 24.8. The van der Waals surface area contributed by atoms with E-state index in [4.69, 9.17) is 5.73 Å². The highest BCUT2D eigenvalue weighted by molar-refractivity contribution is 6.15. The third-order valence-electron chi connectivity index (χ3n) is 3.11. The fraction of sp³-hybridized carbons (Fsp3) is 0.250. The molecule has 0 amide bonds. The Hall–Kier alpha value is -1.61. The molecular formula is C12H12N2O. The molecule has 3 nitrogen and oxygen atoms in total. The minimum Gasteiger partial charge on any atom is -0.361 e. The second-order valence-electron chi connectivity index (χ2n) is 4.47. The Bertz CT molecular complexity index is 566. The van der Waals surface area contributed by atoms with Crippen LogP contribution in [0.15, 0.2) is 24.4 Å². The minimum atomic E-state index is -0.760. The van der Waals surface area contributed by atoms with Gasteiger partial charge in [-0.1, -0.05) is 12.1 Å². The van der Waals surface area contributed by atoms with Gasteiger partial charge in [-0.25, -0.2) is 0 Å². The summed E-state index contributed by atoms with van der Waals surface area (Å²) < 4.78 is 0. The van der Waals surface area contributed by atoms with E-state index in [0.717, 1.165) is 22.0 Å². The number of nitrogens with two attached hydrogens (primary N) is 1. The lowest BCUT2D eigenvalue weighted by Gasteiger charge is -2.27. The van der Waals surface area contributed by atoms with E-state index in [1.807, 2.05) is 24.4 Å². The van der Waals surface area contributed by atoms with Crippen molar-refractivity contribution in [1.29, 1.82) is 0 Å². The number of hydrogen-bond acceptors (Lipinski definition) is 2. The molecule has 0 fully saturated rings. The summed E-state index contributed by atoms with van der Waals surface area (Å²) in [6, 6.07) is 5.72. The van der Waals surface area contributed by atoms with Crippen molar-refractivity contribution in [3.8, 4) is 0 Å². The number of rotatable bonds is 0. The van der Waals surface area contributed by atoms with Crippen LogP contribution in [0.5, 0.6) is 0 Å². The third kappa shape index (κ3) is 1.01. The molecule has 3 rings (SSSR count). The lowest BCUT2D eigenvalue weighted by Crippen LogP contribution is -2.48. The molecular weight excluding hydrogens is 188 g/mol. The van der Waals surface area contributed by atoms with E-state index in [1.165, 1.54) is 0 Å². The van der Waals surface area contributed by atoms with Crippen LogP contribution in [0.2, 0.25) is 0 Å². The highest BCUT2D eigenvalue weighted by Gasteiger charge is 2.36. The Labute approximate surface area is 87.3 Å². The zero-order chi connectivity index (χ0) is 10.6. The average molecular weight is 200 g/mol. The first-order valence-electron chi connectivity index (χ1n) is 5.02. The summed E-state index contributed by atoms with van der Waals surface area (Å²) >= 11 is 0. The fourth-order valence-electron chi connectivity index (χ4n) is 2.37. The molecule has 15 heavy (non-hydrogen) atoms. The maximum Gasteiger partial charge on any atom is 0.183 e. The second-order valence-corrected chi connectivity index (χ2v) is 4.47. The highest BCUT2D eigenvalue weighted by Crippen LogP contribution is 2.32. The zero-order valence-electron chi connectivity index (χ0n) is 8.50.